The summed E-state index contributed by atoms with van der Waals surface area (Å²) in [5.74, 6) is -1.18. The maximum absolute atomic E-state index is 12.9. The Morgan fingerprint density at radius 2 is 2.29 bits per heavy atom. The molecule has 6 nitrogen and oxygen atoms in total. The third-order valence-corrected chi connectivity index (χ3v) is 2.10. The lowest BCUT2D eigenvalue weighted by Gasteiger charge is -2.03. The lowest BCUT2D eigenvalue weighted by molar-refractivity contribution is 0.0587. The standard InChI is InChI=1S/C10H9FN4O2/c1-17-10(16)9-13-5-15(14-9)8-3-2-6(11)4-7(8)12/h2-5H,12H2,1H3. The molecular formula is C10H9FN4O2. The zero-order chi connectivity index (χ0) is 12.4. The van der Waals surface area contributed by atoms with Gasteiger partial charge in [-0.2, -0.15) is 0 Å². The Bertz CT molecular complexity index is 567. The fraction of sp³-hybridized carbons (Fsp3) is 0.100. The highest BCUT2D eigenvalue weighted by molar-refractivity contribution is 5.84. The van der Waals surface area contributed by atoms with Crippen molar-refractivity contribution in [3.05, 3.63) is 36.2 Å². The lowest BCUT2D eigenvalue weighted by Crippen LogP contribution is -2.06. The molecule has 2 aromatic rings. The summed E-state index contributed by atoms with van der Waals surface area (Å²) in [4.78, 5) is 14.9. The SMILES string of the molecule is COC(=O)c1ncn(-c2ccc(F)cc2N)n1. The molecule has 0 spiro atoms. The first kappa shape index (κ1) is 11.1. The number of nitrogens with zero attached hydrogens (tertiary/aromatic N) is 3. The molecule has 2 N–H and O–H groups in total. The van der Waals surface area contributed by atoms with E-state index in [1.54, 1.807) is 0 Å². The van der Waals surface area contributed by atoms with E-state index in [4.69, 9.17) is 5.73 Å². The fourth-order valence-corrected chi connectivity index (χ4v) is 1.30. The minimum absolute atomic E-state index is 0.0868. The van der Waals surface area contributed by atoms with E-state index in [1.807, 2.05) is 0 Å². The van der Waals surface area contributed by atoms with Gasteiger partial charge in [0.1, 0.15) is 12.1 Å². The van der Waals surface area contributed by atoms with Crippen LogP contribution in [-0.2, 0) is 4.74 Å². The van der Waals surface area contributed by atoms with E-state index in [9.17, 15) is 9.18 Å². The molecule has 0 saturated heterocycles. The molecule has 0 amide bonds. The Balaban J connectivity index is 2.40. The summed E-state index contributed by atoms with van der Waals surface area (Å²) in [5, 5.41) is 3.87. The van der Waals surface area contributed by atoms with Gasteiger partial charge in [0.15, 0.2) is 0 Å². The second kappa shape index (κ2) is 4.20. The van der Waals surface area contributed by atoms with Gasteiger partial charge in [0.25, 0.3) is 5.82 Å². The van der Waals surface area contributed by atoms with Crippen LogP contribution in [0.15, 0.2) is 24.5 Å². The highest BCUT2D eigenvalue weighted by Crippen LogP contribution is 2.17. The summed E-state index contributed by atoms with van der Waals surface area (Å²) in [6, 6.07) is 3.85. The first-order valence-corrected chi connectivity index (χ1v) is 4.67. The Labute approximate surface area is 95.8 Å². The van der Waals surface area contributed by atoms with Gasteiger partial charge in [0.2, 0.25) is 0 Å². The second-order valence-electron chi connectivity index (χ2n) is 3.21. The van der Waals surface area contributed by atoms with Crippen molar-refractivity contribution in [1.29, 1.82) is 0 Å². The average molecular weight is 236 g/mol. The average Bonchev–Trinajstić information content (AvgIpc) is 2.77. The molecule has 0 aliphatic carbocycles. The Morgan fingerprint density at radius 1 is 1.53 bits per heavy atom. The summed E-state index contributed by atoms with van der Waals surface area (Å²) in [5.41, 5.74) is 6.27. The van der Waals surface area contributed by atoms with E-state index in [2.05, 4.69) is 14.8 Å². The molecule has 2 rings (SSSR count). The van der Waals surface area contributed by atoms with Crippen LogP contribution in [0.5, 0.6) is 0 Å². The number of anilines is 1. The molecule has 1 aromatic carbocycles. The van der Waals surface area contributed by atoms with Crippen LogP contribution in [-0.4, -0.2) is 27.8 Å². The number of ether oxygens (including phenoxy) is 1. The van der Waals surface area contributed by atoms with Gasteiger partial charge in [0.05, 0.1) is 18.5 Å². The Morgan fingerprint density at radius 3 is 2.94 bits per heavy atom. The molecule has 0 fully saturated rings. The third-order valence-electron chi connectivity index (χ3n) is 2.10. The number of hydrogen-bond donors (Lipinski definition) is 1. The molecule has 0 atom stereocenters. The monoisotopic (exact) mass is 236 g/mol. The molecule has 1 aromatic heterocycles. The molecule has 0 aliphatic heterocycles. The molecule has 7 heteroatoms. The van der Waals surface area contributed by atoms with Gasteiger partial charge in [-0.3, -0.25) is 0 Å². The number of halogens is 1. The van der Waals surface area contributed by atoms with Crippen LogP contribution in [0.3, 0.4) is 0 Å². The summed E-state index contributed by atoms with van der Waals surface area (Å²) < 4.78 is 18.6. The lowest BCUT2D eigenvalue weighted by atomic mass is 10.2. The Hall–Kier alpha value is -2.44. The van der Waals surface area contributed by atoms with Gasteiger partial charge < -0.3 is 10.5 Å². The van der Waals surface area contributed by atoms with Crippen molar-refractivity contribution in [1.82, 2.24) is 14.8 Å². The predicted molar refractivity (Wildman–Crippen MR) is 57.1 cm³/mol. The van der Waals surface area contributed by atoms with Crippen molar-refractivity contribution in [3.63, 3.8) is 0 Å². The normalized spacial score (nSPS) is 10.2. The number of nitrogen functional groups attached to an aromatic ring is 1. The van der Waals surface area contributed by atoms with Gasteiger partial charge in [-0.15, -0.1) is 5.10 Å². The van der Waals surface area contributed by atoms with Crippen molar-refractivity contribution < 1.29 is 13.9 Å². The van der Waals surface area contributed by atoms with Gasteiger partial charge in [0, 0.05) is 0 Å². The molecule has 1 heterocycles. The minimum atomic E-state index is -0.649. The van der Waals surface area contributed by atoms with Crippen molar-refractivity contribution >= 4 is 11.7 Å². The van der Waals surface area contributed by atoms with Crippen molar-refractivity contribution in [2.24, 2.45) is 0 Å². The second-order valence-corrected chi connectivity index (χ2v) is 3.21. The molecule has 0 aliphatic rings. The number of esters is 1. The van der Waals surface area contributed by atoms with Crippen LogP contribution in [0.4, 0.5) is 10.1 Å². The van der Waals surface area contributed by atoms with Crippen LogP contribution in [0.1, 0.15) is 10.6 Å². The number of carbonyl (C=O) groups is 1. The first-order chi connectivity index (χ1) is 8.11. The number of aromatic nitrogens is 3. The smallest absolute Gasteiger partial charge is 0.377 e. The van der Waals surface area contributed by atoms with E-state index in [-0.39, 0.29) is 11.5 Å². The maximum atomic E-state index is 12.9. The van der Waals surface area contributed by atoms with Gasteiger partial charge >= 0.3 is 5.97 Å². The fourth-order valence-electron chi connectivity index (χ4n) is 1.30. The third kappa shape index (κ3) is 2.07. The van der Waals surface area contributed by atoms with E-state index in [0.29, 0.717) is 5.69 Å². The van der Waals surface area contributed by atoms with Crippen molar-refractivity contribution in [3.8, 4) is 5.69 Å². The highest BCUT2D eigenvalue weighted by Gasteiger charge is 2.13. The molecule has 0 unspecified atom stereocenters. The molecule has 17 heavy (non-hydrogen) atoms. The molecule has 0 saturated carbocycles. The number of carbonyl (C=O) groups excluding carboxylic acids is 1. The number of benzene rings is 1. The largest absolute Gasteiger partial charge is 0.463 e. The number of methoxy groups -OCH3 is 1. The Kier molecular flexibility index (Phi) is 2.73. The molecule has 88 valence electrons. The molecular weight excluding hydrogens is 227 g/mol. The molecule has 0 radical (unpaired) electrons. The van der Waals surface area contributed by atoms with Gasteiger partial charge in [-0.25, -0.2) is 18.9 Å². The molecule has 0 bridgehead atoms. The first-order valence-electron chi connectivity index (χ1n) is 4.67. The summed E-state index contributed by atoms with van der Waals surface area (Å²) in [6.07, 6.45) is 1.30. The highest BCUT2D eigenvalue weighted by atomic mass is 19.1. The maximum Gasteiger partial charge on any atom is 0.377 e. The summed E-state index contributed by atoms with van der Waals surface area (Å²) in [7, 11) is 1.23. The zero-order valence-corrected chi connectivity index (χ0v) is 8.92. The minimum Gasteiger partial charge on any atom is -0.463 e. The van der Waals surface area contributed by atoms with Gasteiger partial charge in [-0.05, 0) is 18.2 Å². The van der Waals surface area contributed by atoms with E-state index in [0.717, 1.165) is 6.07 Å². The summed E-state index contributed by atoms with van der Waals surface area (Å²) >= 11 is 0. The van der Waals surface area contributed by atoms with Gasteiger partial charge in [-0.1, -0.05) is 0 Å². The van der Waals surface area contributed by atoms with E-state index >= 15 is 0 Å². The quantitative estimate of drug-likeness (QED) is 0.615. The van der Waals surface area contributed by atoms with Crippen LogP contribution in [0, 0.1) is 5.82 Å². The van der Waals surface area contributed by atoms with Crippen LogP contribution in [0.2, 0.25) is 0 Å². The van der Waals surface area contributed by atoms with Crippen molar-refractivity contribution in [2.45, 2.75) is 0 Å². The predicted octanol–water partition coefficient (Wildman–Crippen LogP) is 0.775. The van der Waals surface area contributed by atoms with Crippen molar-refractivity contribution in [2.75, 3.05) is 12.8 Å². The van der Waals surface area contributed by atoms with E-state index in [1.165, 1.54) is 30.3 Å². The topological polar surface area (TPSA) is 83.0 Å². The van der Waals surface area contributed by atoms with Crippen LogP contribution in [0.25, 0.3) is 5.69 Å². The zero-order valence-electron chi connectivity index (χ0n) is 8.92. The van der Waals surface area contributed by atoms with Crippen LogP contribution < -0.4 is 5.73 Å². The van der Waals surface area contributed by atoms with Crippen LogP contribution >= 0.6 is 0 Å². The van der Waals surface area contributed by atoms with E-state index < -0.39 is 11.8 Å². The number of nitrogens with two attached hydrogens (primary N) is 1. The number of hydrogen-bond acceptors (Lipinski definition) is 5. The number of rotatable bonds is 2. The summed E-state index contributed by atoms with van der Waals surface area (Å²) in [6.45, 7) is 0.